The van der Waals surface area contributed by atoms with Crippen LogP contribution >= 0.6 is 11.3 Å². The molecule has 1 aromatic carbocycles. The maximum atomic E-state index is 12.3. The highest BCUT2D eigenvalue weighted by Gasteiger charge is 2.22. The van der Waals surface area contributed by atoms with Crippen molar-refractivity contribution in [3.05, 3.63) is 23.0 Å². The number of esters is 1. The first-order valence-corrected chi connectivity index (χ1v) is 10.2. The van der Waals surface area contributed by atoms with Crippen LogP contribution < -0.4 is 9.94 Å². The van der Waals surface area contributed by atoms with Crippen molar-refractivity contribution in [2.75, 3.05) is 6.61 Å². The Kier molecular flexibility index (Phi) is 5.69. The minimum Gasteiger partial charge on any atom is -0.465 e. The van der Waals surface area contributed by atoms with Gasteiger partial charge < -0.3 is 9.30 Å². The number of nitrogens with zero attached hydrogens (tertiary/aromatic N) is 2. The Morgan fingerprint density at radius 3 is 2.50 bits per heavy atom. The van der Waals surface area contributed by atoms with Crippen LogP contribution in [0.5, 0.6) is 0 Å². The van der Waals surface area contributed by atoms with Crippen molar-refractivity contribution in [1.29, 1.82) is 0 Å². The first kappa shape index (κ1) is 20.3. The lowest BCUT2D eigenvalue weighted by Crippen LogP contribution is -2.26. The zero-order valence-corrected chi connectivity index (χ0v) is 16.6. The second-order valence-electron chi connectivity index (χ2n) is 6.62. The fourth-order valence-corrected chi connectivity index (χ4v) is 3.74. The summed E-state index contributed by atoms with van der Waals surface area (Å²) in [4.78, 5) is 28.6. The van der Waals surface area contributed by atoms with Crippen LogP contribution in [-0.4, -0.2) is 31.5 Å². The topological polar surface area (TPSA) is 121 Å². The van der Waals surface area contributed by atoms with E-state index in [4.69, 9.17) is 9.88 Å². The molecule has 0 saturated heterocycles. The standard InChI is InChI=1S/C16H21N3O5S2/c1-5-24-13(20)9-19-11-7-6-10(26(17,22)23)8-12(11)25-15(19)18-14(21)16(2,3)4/h6-8H,5,9H2,1-4H3,(H2,17,22,23). The summed E-state index contributed by atoms with van der Waals surface area (Å²) >= 11 is 1.11. The number of benzene rings is 1. The number of ether oxygens (including phenoxy) is 1. The maximum Gasteiger partial charge on any atom is 0.326 e. The molecule has 2 N–H and O–H groups in total. The number of hydrogen-bond acceptors (Lipinski definition) is 6. The van der Waals surface area contributed by atoms with Crippen molar-refractivity contribution in [2.45, 2.75) is 39.1 Å². The number of primary sulfonamides is 1. The van der Waals surface area contributed by atoms with Crippen LogP contribution in [0.2, 0.25) is 0 Å². The molecule has 0 spiro atoms. The Balaban J connectivity index is 2.70. The monoisotopic (exact) mass is 399 g/mol. The summed E-state index contributed by atoms with van der Waals surface area (Å²) < 4.78 is 30.2. The van der Waals surface area contributed by atoms with Gasteiger partial charge in [0.25, 0.3) is 5.91 Å². The molecule has 0 aliphatic heterocycles. The molecule has 1 aromatic heterocycles. The van der Waals surface area contributed by atoms with Crippen LogP contribution in [-0.2, 0) is 30.9 Å². The Bertz CT molecular complexity index is 1030. The van der Waals surface area contributed by atoms with Gasteiger partial charge in [0.1, 0.15) is 6.54 Å². The van der Waals surface area contributed by atoms with Crippen molar-refractivity contribution >= 4 is 43.5 Å². The van der Waals surface area contributed by atoms with Crippen molar-refractivity contribution in [3.8, 4) is 0 Å². The third-order valence-electron chi connectivity index (χ3n) is 3.41. The van der Waals surface area contributed by atoms with Gasteiger partial charge in [0.2, 0.25) is 10.0 Å². The molecule has 0 aliphatic rings. The highest BCUT2D eigenvalue weighted by molar-refractivity contribution is 7.89. The second kappa shape index (κ2) is 7.29. The number of thiazole rings is 1. The van der Waals surface area contributed by atoms with E-state index in [-0.39, 0.29) is 24.0 Å². The van der Waals surface area contributed by atoms with E-state index in [1.165, 1.54) is 22.8 Å². The number of hydrogen-bond donors (Lipinski definition) is 1. The molecule has 0 saturated carbocycles. The van der Waals surface area contributed by atoms with E-state index in [9.17, 15) is 18.0 Å². The molecule has 1 heterocycles. The number of rotatable bonds is 4. The van der Waals surface area contributed by atoms with Gasteiger partial charge >= 0.3 is 5.97 Å². The van der Waals surface area contributed by atoms with Crippen LogP contribution in [0.3, 0.4) is 0 Å². The fourth-order valence-electron chi connectivity index (χ4n) is 2.06. The van der Waals surface area contributed by atoms with Gasteiger partial charge in [-0.1, -0.05) is 32.1 Å². The van der Waals surface area contributed by atoms with Crippen LogP contribution in [0.1, 0.15) is 27.7 Å². The van der Waals surface area contributed by atoms with Gasteiger partial charge in [0, 0.05) is 5.41 Å². The van der Waals surface area contributed by atoms with Crippen molar-refractivity contribution in [1.82, 2.24) is 4.57 Å². The molecule has 142 valence electrons. The summed E-state index contributed by atoms with van der Waals surface area (Å²) in [7, 11) is -3.87. The SMILES string of the molecule is CCOC(=O)Cn1c(=NC(=O)C(C)(C)C)sc2cc(S(N)(=O)=O)ccc21. The lowest BCUT2D eigenvalue weighted by atomic mass is 9.96. The molecule has 8 nitrogen and oxygen atoms in total. The average Bonchev–Trinajstić information content (AvgIpc) is 2.82. The highest BCUT2D eigenvalue weighted by atomic mass is 32.2. The summed E-state index contributed by atoms with van der Waals surface area (Å²) in [5.41, 5.74) is -0.125. The van der Waals surface area contributed by atoms with E-state index in [0.29, 0.717) is 15.0 Å². The number of nitrogens with two attached hydrogens (primary N) is 1. The molecule has 1 amide bonds. The summed E-state index contributed by atoms with van der Waals surface area (Å²) in [5, 5.41) is 5.17. The molecule has 0 unspecified atom stereocenters. The second-order valence-corrected chi connectivity index (χ2v) is 9.19. The zero-order chi connectivity index (χ0) is 19.7. The molecule has 0 radical (unpaired) electrons. The number of aromatic nitrogens is 1. The quantitative estimate of drug-likeness (QED) is 0.779. The van der Waals surface area contributed by atoms with Gasteiger partial charge in [-0.2, -0.15) is 4.99 Å². The number of carbonyl (C=O) groups is 2. The van der Waals surface area contributed by atoms with E-state index in [1.54, 1.807) is 27.7 Å². The Morgan fingerprint density at radius 2 is 1.96 bits per heavy atom. The molecule has 2 rings (SSSR count). The number of carbonyl (C=O) groups excluding carboxylic acids is 2. The lowest BCUT2D eigenvalue weighted by Gasteiger charge is -2.12. The third-order valence-corrected chi connectivity index (χ3v) is 5.37. The predicted molar refractivity (Wildman–Crippen MR) is 97.8 cm³/mol. The van der Waals surface area contributed by atoms with E-state index >= 15 is 0 Å². The third kappa shape index (κ3) is 4.57. The number of sulfonamides is 1. The van der Waals surface area contributed by atoms with Crippen molar-refractivity contribution in [3.63, 3.8) is 0 Å². The van der Waals surface area contributed by atoms with Gasteiger partial charge in [-0.15, -0.1) is 0 Å². The molecule has 10 heteroatoms. The van der Waals surface area contributed by atoms with Crippen molar-refractivity contribution in [2.24, 2.45) is 15.5 Å². The summed E-state index contributed by atoms with van der Waals surface area (Å²) in [6.07, 6.45) is 0. The molecule has 0 bridgehead atoms. The smallest absolute Gasteiger partial charge is 0.326 e. The molecular weight excluding hydrogens is 378 g/mol. The first-order chi connectivity index (χ1) is 11.9. The van der Waals surface area contributed by atoms with Crippen molar-refractivity contribution < 1.29 is 22.7 Å². The molecular formula is C16H21N3O5S2. The highest BCUT2D eigenvalue weighted by Crippen LogP contribution is 2.22. The number of fused-ring (bicyclic) bond motifs is 1. The molecule has 0 fully saturated rings. The molecule has 2 aromatic rings. The van der Waals surface area contributed by atoms with E-state index < -0.39 is 21.4 Å². The first-order valence-electron chi connectivity index (χ1n) is 7.84. The number of amides is 1. The van der Waals surface area contributed by atoms with E-state index in [2.05, 4.69) is 4.99 Å². The van der Waals surface area contributed by atoms with E-state index in [0.717, 1.165) is 11.3 Å². The van der Waals surface area contributed by atoms with Gasteiger partial charge in [-0.05, 0) is 25.1 Å². The van der Waals surface area contributed by atoms with Crippen LogP contribution in [0, 0.1) is 5.41 Å². The predicted octanol–water partition coefficient (Wildman–Crippen LogP) is 1.39. The van der Waals surface area contributed by atoms with Crippen LogP contribution in [0.4, 0.5) is 0 Å². The molecule has 0 aliphatic carbocycles. The van der Waals surface area contributed by atoms with Gasteiger partial charge in [-0.3, -0.25) is 9.59 Å². The normalized spacial score (nSPS) is 13.2. The van der Waals surface area contributed by atoms with Crippen LogP contribution in [0.15, 0.2) is 28.1 Å². The minimum absolute atomic E-state index is 0.0526. The van der Waals surface area contributed by atoms with Gasteiger partial charge in [0.15, 0.2) is 4.80 Å². The van der Waals surface area contributed by atoms with E-state index in [1.807, 2.05) is 0 Å². The lowest BCUT2D eigenvalue weighted by molar-refractivity contribution is -0.143. The average molecular weight is 399 g/mol. The Labute approximate surface area is 155 Å². The maximum absolute atomic E-state index is 12.3. The largest absolute Gasteiger partial charge is 0.465 e. The summed E-state index contributed by atoms with van der Waals surface area (Å²) in [5.74, 6) is -0.833. The summed E-state index contributed by atoms with van der Waals surface area (Å²) in [6, 6.07) is 4.28. The summed E-state index contributed by atoms with van der Waals surface area (Å²) in [6.45, 7) is 6.99. The zero-order valence-electron chi connectivity index (χ0n) is 15.0. The molecule has 26 heavy (non-hydrogen) atoms. The minimum atomic E-state index is -3.87. The fraction of sp³-hybridized carbons (Fsp3) is 0.438. The molecule has 0 atom stereocenters. The van der Waals surface area contributed by atoms with Crippen LogP contribution in [0.25, 0.3) is 10.2 Å². The Morgan fingerprint density at radius 1 is 1.31 bits per heavy atom. The van der Waals surface area contributed by atoms with Gasteiger partial charge in [0.05, 0.1) is 21.7 Å². The Hall–Kier alpha value is -2.04. The van der Waals surface area contributed by atoms with Gasteiger partial charge in [-0.25, -0.2) is 13.6 Å².